The first kappa shape index (κ1) is 24.5. The van der Waals surface area contributed by atoms with Crippen LogP contribution in [-0.2, 0) is 16.6 Å². The fraction of sp³-hybridized carbons (Fsp3) is 0.240. The monoisotopic (exact) mass is 499 g/mol. The molecule has 1 saturated heterocycles. The van der Waals surface area contributed by atoms with Crippen molar-refractivity contribution in [3.05, 3.63) is 83.7 Å². The Morgan fingerprint density at radius 1 is 1.03 bits per heavy atom. The van der Waals surface area contributed by atoms with Crippen LogP contribution in [0, 0.1) is 5.82 Å². The van der Waals surface area contributed by atoms with Crippen molar-refractivity contribution >= 4 is 27.4 Å². The number of piperazine rings is 1. The second kappa shape index (κ2) is 10.3. The number of carboxylic acids is 1. The van der Waals surface area contributed by atoms with E-state index in [2.05, 4.69) is 9.62 Å². The highest BCUT2D eigenvalue weighted by atomic mass is 32.2. The van der Waals surface area contributed by atoms with E-state index in [4.69, 9.17) is 4.74 Å². The van der Waals surface area contributed by atoms with E-state index in [1.807, 2.05) is 11.0 Å². The molecule has 0 atom stereocenters. The number of carboxylic acid groups (broad SMARTS) is 1. The number of aromatic carboxylic acids is 1. The molecule has 3 aromatic rings. The molecule has 1 aliphatic rings. The lowest BCUT2D eigenvalue weighted by Gasteiger charge is -2.36. The summed E-state index contributed by atoms with van der Waals surface area (Å²) in [6.07, 6.45) is 0. The fourth-order valence-corrected chi connectivity index (χ4v) is 5.11. The Morgan fingerprint density at radius 2 is 1.74 bits per heavy atom. The van der Waals surface area contributed by atoms with Crippen LogP contribution in [0.1, 0.15) is 15.9 Å². The molecule has 0 unspecified atom stereocenters. The Bertz CT molecular complexity index is 1310. The molecular formula is C25H26FN3O5S. The number of benzene rings is 3. The van der Waals surface area contributed by atoms with E-state index < -0.39 is 16.0 Å². The SMILES string of the molecule is COc1ccc(S(=O)(=O)Nc2ccc(N3CCN(Cc4cccc(F)c4)CC3)c(C(=O)O)c2)cc1. The largest absolute Gasteiger partial charge is 0.497 e. The number of hydrogen-bond donors (Lipinski definition) is 2. The molecular weight excluding hydrogens is 473 g/mol. The van der Waals surface area contributed by atoms with Crippen molar-refractivity contribution in [1.82, 2.24) is 4.90 Å². The number of carbonyl (C=O) groups is 1. The number of nitrogens with one attached hydrogen (secondary N) is 1. The summed E-state index contributed by atoms with van der Waals surface area (Å²) >= 11 is 0. The van der Waals surface area contributed by atoms with E-state index in [1.54, 1.807) is 18.2 Å². The first-order valence-corrected chi connectivity index (χ1v) is 12.5. The maximum Gasteiger partial charge on any atom is 0.337 e. The fourth-order valence-electron chi connectivity index (χ4n) is 4.06. The van der Waals surface area contributed by atoms with Crippen molar-refractivity contribution < 1.29 is 27.4 Å². The van der Waals surface area contributed by atoms with Crippen LogP contribution in [0.5, 0.6) is 5.75 Å². The minimum Gasteiger partial charge on any atom is -0.497 e. The number of rotatable bonds is 8. The summed E-state index contributed by atoms with van der Waals surface area (Å²) in [5, 5.41) is 9.80. The third kappa shape index (κ3) is 5.90. The lowest BCUT2D eigenvalue weighted by molar-refractivity contribution is 0.0697. The molecule has 10 heteroatoms. The summed E-state index contributed by atoms with van der Waals surface area (Å²) in [7, 11) is -2.42. The molecule has 0 saturated carbocycles. The van der Waals surface area contributed by atoms with Gasteiger partial charge in [0.05, 0.1) is 23.3 Å². The first-order chi connectivity index (χ1) is 16.7. The standard InChI is InChI=1S/C25H26FN3O5S/c1-34-21-6-8-22(9-7-21)35(32,33)27-20-5-10-24(23(16-20)25(30)31)29-13-11-28(12-14-29)17-18-3-2-4-19(26)15-18/h2-10,15-16,27H,11-14,17H2,1H3,(H,30,31). The van der Waals surface area contributed by atoms with Gasteiger partial charge in [0, 0.05) is 38.4 Å². The molecule has 35 heavy (non-hydrogen) atoms. The molecule has 1 fully saturated rings. The number of hydrogen-bond acceptors (Lipinski definition) is 6. The Morgan fingerprint density at radius 3 is 2.37 bits per heavy atom. The van der Waals surface area contributed by atoms with Gasteiger partial charge in [0.15, 0.2) is 0 Å². The Balaban J connectivity index is 1.46. The van der Waals surface area contributed by atoms with Gasteiger partial charge in [0.25, 0.3) is 10.0 Å². The highest BCUT2D eigenvalue weighted by molar-refractivity contribution is 7.92. The molecule has 2 N–H and O–H groups in total. The van der Waals surface area contributed by atoms with Crippen LogP contribution in [0.4, 0.5) is 15.8 Å². The average Bonchev–Trinajstić information content (AvgIpc) is 2.84. The van der Waals surface area contributed by atoms with Crippen LogP contribution >= 0.6 is 0 Å². The zero-order valence-corrected chi connectivity index (χ0v) is 20.0. The lowest BCUT2D eigenvalue weighted by atomic mass is 10.1. The van der Waals surface area contributed by atoms with Crippen molar-refractivity contribution in [3.63, 3.8) is 0 Å². The zero-order valence-electron chi connectivity index (χ0n) is 19.1. The quantitative estimate of drug-likeness (QED) is 0.488. The van der Waals surface area contributed by atoms with Gasteiger partial charge in [-0.3, -0.25) is 9.62 Å². The highest BCUT2D eigenvalue weighted by Crippen LogP contribution is 2.28. The summed E-state index contributed by atoms with van der Waals surface area (Å²) in [6.45, 7) is 3.16. The van der Waals surface area contributed by atoms with E-state index in [1.165, 1.54) is 49.6 Å². The summed E-state index contributed by atoms with van der Waals surface area (Å²) in [6, 6.07) is 16.9. The van der Waals surface area contributed by atoms with Crippen molar-refractivity contribution in [2.45, 2.75) is 11.4 Å². The molecule has 0 bridgehead atoms. The lowest BCUT2D eigenvalue weighted by Crippen LogP contribution is -2.46. The van der Waals surface area contributed by atoms with Gasteiger partial charge in [0.1, 0.15) is 11.6 Å². The number of ether oxygens (including phenoxy) is 1. The molecule has 4 rings (SSSR count). The predicted molar refractivity (Wildman–Crippen MR) is 131 cm³/mol. The summed E-state index contributed by atoms with van der Waals surface area (Å²) in [5.74, 6) is -0.889. The van der Waals surface area contributed by atoms with E-state index in [9.17, 15) is 22.7 Å². The number of anilines is 2. The molecule has 1 heterocycles. The van der Waals surface area contributed by atoms with Gasteiger partial charge in [-0.25, -0.2) is 17.6 Å². The van der Waals surface area contributed by atoms with Crippen molar-refractivity contribution in [1.29, 1.82) is 0 Å². The van der Waals surface area contributed by atoms with Crippen molar-refractivity contribution in [3.8, 4) is 5.75 Å². The van der Waals surface area contributed by atoms with Gasteiger partial charge < -0.3 is 14.7 Å². The first-order valence-electron chi connectivity index (χ1n) is 11.0. The highest BCUT2D eigenvalue weighted by Gasteiger charge is 2.23. The summed E-state index contributed by atoms with van der Waals surface area (Å²) in [4.78, 5) is 16.2. The molecule has 8 nitrogen and oxygen atoms in total. The average molecular weight is 500 g/mol. The molecule has 0 amide bonds. The van der Waals surface area contributed by atoms with Gasteiger partial charge in [-0.2, -0.15) is 0 Å². The molecule has 3 aromatic carbocycles. The maximum atomic E-state index is 13.5. The van der Waals surface area contributed by atoms with Gasteiger partial charge in [-0.1, -0.05) is 12.1 Å². The van der Waals surface area contributed by atoms with Gasteiger partial charge in [-0.05, 0) is 60.2 Å². The minimum atomic E-state index is -3.90. The molecule has 184 valence electrons. The number of halogens is 1. The number of nitrogens with zero attached hydrogens (tertiary/aromatic N) is 2. The molecule has 0 aromatic heterocycles. The van der Waals surface area contributed by atoms with Gasteiger partial charge in [0.2, 0.25) is 0 Å². The minimum absolute atomic E-state index is 0.0125. The van der Waals surface area contributed by atoms with Crippen LogP contribution in [0.15, 0.2) is 71.6 Å². The molecule has 0 aliphatic carbocycles. The molecule has 1 aliphatic heterocycles. The Hall–Kier alpha value is -3.63. The van der Waals surface area contributed by atoms with Crippen molar-refractivity contribution in [2.75, 3.05) is 42.9 Å². The maximum absolute atomic E-state index is 13.5. The predicted octanol–water partition coefficient (Wildman–Crippen LogP) is 3.66. The normalized spacial score (nSPS) is 14.5. The van der Waals surface area contributed by atoms with Crippen LogP contribution in [0.3, 0.4) is 0 Å². The van der Waals surface area contributed by atoms with Crippen LogP contribution in [0.25, 0.3) is 0 Å². The van der Waals surface area contributed by atoms with Crippen LogP contribution < -0.4 is 14.4 Å². The van der Waals surface area contributed by atoms with E-state index in [0.717, 1.165) is 5.56 Å². The molecule has 0 radical (unpaired) electrons. The number of methoxy groups -OCH3 is 1. The smallest absolute Gasteiger partial charge is 0.337 e. The van der Waals surface area contributed by atoms with Crippen LogP contribution in [-0.4, -0.2) is 57.7 Å². The van der Waals surface area contributed by atoms with Gasteiger partial charge >= 0.3 is 5.97 Å². The summed E-state index contributed by atoms with van der Waals surface area (Å²) < 4.78 is 46.4. The zero-order chi connectivity index (χ0) is 25.0. The second-order valence-corrected chi connectivity index (χ2v) is 9.89. The topological polar surface area (TPSA) is 99.2 Å². The Kier molecular flexibility index (Phi) is 7.23. The second-order valence-electron chi connectivity index (χ2n) is 8.21. The van der Waals surface area contributed by atoms with Gasteiger partial charge in [-0.15, -0.1) is 0 Å². The van der Waals surface area contributed by atoms with Crippen LogP contribution in [0.2, 0.25) is 0 Å². The van der Waals surface area contributed by atoms with E-state index in [-0.39, 0.29) is 22.0 Å². The molecule has 0 spiro atoms. The summed E-state index contributed by atoms with van der Waals surface area (Å²) in [5.41, 5.74) is 1.58. The number of sulfonamides is 1. The van der Waals surface area contributed by atoms with E-state index in [0.29, 0.717) is 44.2 Å². The third-order valence-electron chi connectivity index (χ3n) is 5.86. The Labute approximate surface area is 203 Å². The van der Waals surface area contributed by atoms with E-state index >= 15 is 0 Å². The van der Waals surface area contributed by atoms with Crippen molar-refractivity contribution in [2.24, 2.45) is 0 Å². The third-order valence-corrected chi connectivity index (χ3v) is 7.25.